The van der Waals surface area contributed by atoms with Crippen LogP contribution in [0.25, 0.3) is 0 Å². The number of amides is 1. The van der Waals surface area contributed by atoms with E-state index in [-0.39, 0.29) is 23.9 Å². The average molecular weight is 355 g/mol. The molecular weight excluding hydrogens is 334 g/mol. The maximum atomic E-state index is 12.4. The molecule has 0 saturated heterocycles. The van der Waals surface area contributed by atoms with Gasteiger partial charge in [0.25, 0.3) is 5.69 Å². The van der Waals surface area contributed by atoms with Crippen LogP contribution in [-0.2, 0) is 11.3 Å². The van der Waals surface area contributed by atoms with Crippen molar-refractivity contribution in [2.24, 2.45) is 0 Å². The molecule has 7 nitrogen and oxygen atoms in total. The van der Waals surface area contributed by atoms with Crippen LogP contribution in [0.3, 0.4) is 0 Å². The topological polar surface area (TPSA) is 92.6 Å². The number of hydrogen-bond acceptors (Lipinski definition) is 5. The highest BCUT2D eigenvalue weighted by Gasteiger charge is 2.21. The third kappa shape index (κ3) is 4.73. The summed E-state index contributed by atoms with van der Waals surface area (Å²) < 4.78 is 0. The first kappa shape index (κ1) is 19.3. The van der Waals surface area contributed by atoms with E-state index >= 15 is 0 Å². The number of Topliss-reactive ketones (excluding diaryl/α,β-unsaturated/α-hetero) is 1. The Morgan fingerprint density at radius 2 is 1.77 bits per heavy atom. The quantitative estimate of drug-likeness (QED) is 0.467. The van der Waals surface area contributed by atoms with Gasteiger partial charge in [-0.05, 0) is 45.2 Å². The van der Waals surface area contributed by atoms with E-state index in [0.717, 1.165) is 0 Å². The molecule has 7 heteroatoms. The van der Waals surface area contributed by atoms with Gasteiger partial charge in [-0.3, -0.25) is 24.6 Å². The molecule has 0 heterocycles. The van der Waals surface area contributed by atoms with Crippen LogP contribution < -0.4 is 5.32 Å². The third-order valence-corrected chi connectivity index (χ3v) is 4.21. The maximum Gasteiger partial charge on any atom is 0.273 e. The number of benzene rings is 2. The van der Waals surface area contributed by atoms with Crippen LogP contribution >= 0.6 is 0 Å². The highest BCUT2D eigenvalue weighted by atomic mass is 16.6. The number of nitrogens with one attached hydrogen (secondary N) is 1. The van der Waals surface area contributed by atoms with E-state index < -0.39 is 11.0 Å². The van der Waals surface area contributed by atoms with Gasteiger partial charge in [0.15, 0.2) is 5.78 Å². The lowest BCUT2D eigenvalue weighted by atomic mass is 10.1. The minimum absolute atomic E-state index is 0.0341. The maximum absolute atomic E-state index is 12.4. The van der Waals surface area contributed by atoms with Gasteiger partial charge in [-0.1, -0.05) is 18.2 Å². The van der Waals surface area contributed by atoms with Gasteiger partial charge in [0.2, 0.25) is 5.91 Å². The summed E-state index contributed by atoms with van der Waals surface area (Å²) in [6, 6.07) is 12.6. The molecular formula is C19H21N3O4. The minimum atomic E-state index is -0.498. The van der Waals surface area contributed by atoms with Gasteiger partial charge < -0.3 is 5.32 Å². The molecule has 2 aromatic carbocycles. The molecule has 2 rings (SSSR count). The predicted molar refractivity (Wildman–Crippen MR) is 99.1 cm³/mol. The highest BCUT2D eigenvalue weighted by Crippen LogP contribution is 2.20. The summed E-state index contributed by atoms with van der Waals surface area (Å²) in [5, 5.41) is 13.9. The van der Waals surface area contributed by atoms with Crippen LogP contribution in [-0.4, -0.2) is 34.6 Å². The second kappa shape index (κ2) is 8.35. The van der Waals surface area contributed by atoms with Gasteiger partial charge in [0.1, 0.15) is 0 Å². The first-order valence-electron chi connectivity index (χ1n) is 8.14. The zero-order valence-electron chi connectivity index (χ0n) is 14.9. The molecule has 0 aliphatic rings. The molecule has 0 spiro atoms. The van der Waals surface area contributed by atoms with E-state index in [2.05, 4.69) is 5.32 Å². The van der Waals surface area contributed by atoms with Gasteiger partial charge in [-0.2, -0.15) is 0 Å². The lowest BCUT2D eigenvalue weighted by Gasteiger charge is -2.23. The predicted octanol–water partition coefficient (Wildman–Crippen LogP) is 3.26. The van der Waals surface area contributed by atoms with Crippen LogP contribution in [0.1, 0.15) is 29.8 Å². The van der Waals surface area contributed by atoms with E-state index in [9.17, 15) is 19.7 Å². The average Bonchev–Trinajstić information content (AvgIpc) is 2.61. The normalized spacial score (nSPS) is 11.8. The molecule has 0 saturated carbocycles. The molecule has 0 aromatic heterocycles. The van der Waals surface area contributed by atoms with Gasteiger partial charge >= 0.3 is 0 Å². The zero-order valence-corrected chi connectivity index (χ0v) is 14.9. The molecule has 1 amide bonds. The fourth-order valence-corrected chi connectivity index (χ4v) is 2.46. The molecule has 0 aliphatic carbocycles. The molecule has 0 radical (unpaired) electrons. The molecule has 1 unspecified atom stereocenters. The summed E-state index contributed by atoms with van der Waals surface area (Å²) >= 11 is 0. The van der Waals surface area contributed by atoms with Crippen LogP contribution in [0, 0.1) is 10.1 Å². The lowest BCUT2D eigenvalue weighted by molar-refractivity contribution is -0.385. The van der Waals surface area contributed by atoms with Crippen molar-refractivity contribution in [3.63, 3.8) is 0 Å². The third-order valence-electron chi connectivity index (χ3n) is 4.21. The Bertz CT molecular complexity index is 818. The van der Waals surface area contributed by atoms with E-state index in [4.69, 9.17) is 0 Å². The largest absolute Gasteiger partial charge is 0.325 e. The molecule has 1 N–H and O–H groups in total. The van der Waals surface area contributed by atoms with E-state index in [1.165, 1.54) is 13.0 Å². The summed E-state index contributed by atoms with van der Waals surface area (Å²) in [4.78, 5) is 36.1. The second-order valence-corrected chi connectivity index (χ2v) is 6.10. The Morgan fingerprint density at radius 1 is 1.15 bits per heavy atom. The van der Waals surface area contributed by atoms with E-state index in [1.807, 2.05) is 0 Å². The van der Waals surface area contributed by atoms with Gasteiger partial charge in [0, 0.05) is 29.4 Å². The second-order valence-electron chi connectivity index (χ2n) is 6.10. The molecule has 2 aromatic rings. The monoisotopic (exact) mass is 355 g/mol. The van der Waals surface area contributed by atoms with Crippen molar-refractivity contribution in [1.29, 1.82) is 0 Å². The van der Waals surface area contributed by atoms with Crippen molar-refractivity contribution in [2.75, 3.05) is 12.4 Å². The number of carbonyl (C=O) groups excluding carboxylic acids is 2. The SMILES string of the molecule is CC(=O)c1ccc(NC(=O)C(C)N(C)Cc2ccccc2[N+](=O)[O-])cc1. The molecule has 26 heavy (non-hydrogen) atoms. The fourth-order valence-electron chi connectivity index (χ4n) is 2.46. The molecule has 136 valence electrons. The first-order valence-corrected chi connectivity index (χ1v) is 8.14. The number of anilines is 1. The number of rotatable bonds is 7. The Morgan fingerprint density at radius 3 is 2.35 bits per heavy atom. The van der Waals surface area contributed by atoms with Crippen molar-refractivity contribution in [1.82, 2.24) is 4.90 Å². The van der Waals surface area contributed by atoms with E-state index in [1.54, 1.807) is 61.3 Å². The number of hydrogen-bond donors (Lipinski definition) is 1. The van der Waals surface area contributed by atoms with Crippen LogP contribution in [0.5, 0.6) is 0 Å². The van der Waals surface area contributed by atoms with Crippen molar-refractivity contribution >= 4 is 23.1 Å². The van der Waals surface area contributed by atoms with Crippen molar-refractivity contribution in [3.8, 4) is 0 Å². The molecule has 0 bridgehead atoms. The van der Waals surface area contributed by atoms with Crippen LogP contribution in [0.2, 0.25) is 0 Å². The lowest BCUT2D eigenvalue weighted by Crippen LogP contribution is -2.39. The summed E-state index contributed by atoms with van der Waals surface area (Å²) in [5.74, 6) is -0.276. The number of carbonyl (C=O) groups is 2. The molecule has 0 fully saturated rings. The fraction of sp³-hybridized carbons (Fsp3) is 0.263. The number of nitrogens with zero attached hydrogens (tertiary/aromatic N) is 2. The minimum Gasteiger partial charge on any atom is -0.325 e. The zero-order chi connectivity index (χ0) is 19.3. The number of para-hydroxylation sites is 1. The number of likely N-dealkylation sites (N-methyl/N-ethyl adjacent to an activating group) is 1. The van der Waals surface area contributed by atoms with Crippen LogP contribution in [0.15, 0.2) is 48.5 Å². The van der Waals surface area contributed by atoms with Gasteiger partial charge in [-0.25, -0.2) is 0 Å². The number of nitro groups is 1. The Hall–Kier alpha value is -3.06. The highest BCUT2D eigenvalue weighted by molar-refractivity contribution is 5.96. The smallest absolute Gasteiger partial charge is 0.273 e. The Kier molecular flexibility index (Phi) is 6.19. The molecule has 1 atom stereocenters. The number of ketones is 1. The van der Waals surface area contributed by atoms with Crippen LogP contribution in [0.4, 0.5) is 11.4 Å². The first-order chi connectivity index (χ1) is 12.3. The Labute approximate surface area is 151 Å². The van der Waals surface area contributed by atoms with Gasteiger partial charge in [-0.15, -0.1) is 0 Å². The Balaban J connectivity index is 2.03. The summed E-state index contributed by atoms with van der Waals surface area (Å²) in [6.07, 6.45) is 0. The summed E-state index contributed by atoms with van der Waals surface area (Å²) in [7, 11) is 1.74. The van der Waals surface area contributed by atoms with E-state index in [0.29, 0.717) is 16.8 Å². The number of nitro benzene ring substituents is 1. The summed E-state index contributed by atoms with van der Waals surface area (Å²) in [5.41, 5.74) is 1.74. The standard InChI is InChI=1S/C19H21N3O4/c1-13(19(24)20-17-10-8-15(9-11-17)14(2)23)21(3)12-16-6-4-5-7-18(16)22(25)26/h4-11,13H,12H2,1-3H3,(H,20,24). The van der Waals surface area contributed by atoms with Crippen molar-refractivity contribution in [2.45, 2.75) is 26.4 Å². The van der Waals surface area contributed by atoms with Crippen molar-refractivity contribution in [3.05, 3.63) is 69.8 Å². The van der Waals surface area contributed by atoms with Crippen molar-refractivity contribution < 1.29 is 14.5 Å². The molecule has 0 aliphatic heterocycles. The summed E-state index contributed by atoms with van der Waals surface area (Å²) in [6.45, 7) is 3.48. The van der Waals surface area contributed by atoms with Gasteiger partial charge in [0.05, 0.1) is 11.0 Å².